The van der Waals surface area contributed by atoms with Crippen molar-refractivity contribution >= 4 is 54.8 Å². The van der Waals surface area contributed by atoms with Gasteiger partial charge in [0, 0.05) is 19.5 Å². The van der Waals surface area contributed by atoms with Crippen molar-refractivity contribution in [1.82, 2.24) is 9.88 Å². The van der Waals surface area contributed by atoms with Crippen molar-refractivity contribution < 1.29 is 13.2 Å². The zero-order valence-electron chi connectivity index (χ0n) is 17.7. The van der Waals surface area contributed by atoms with Crippen LogP contribution in [0.25, 0.3) is 10.2 Å². The summed E-state index contributed by atoms with van der Waals surface area (Å²) in [4.78, 5) is 21.8. The van der Waals surface area contributed by atoms with E-state index in [1.165, 1.54) is 11.3 Å². The van der Waals surface area contributed by atoms with E-state index >= 15 is 0 Å². The lowest BCUT2D eigenvalue weighted by atomic mass is 10.3. The Hall–Kier alpha value is -2.00. The first-order chi connectivity index (χ1) is 14.4. The van der Waals surface area contributed by atoms with Gasteiger partial charge in [0.25, 0.3) is 0 Å². The number of nitrogens with zero attached hydrogens (tertiary/aromatic N) is 3. The van der Waals surface area contributed by atoms with Crippen molar-refractivity contribution in [3.05, 3.63) is 54.6 Å². The van der Waals surface area contributed by atoms with Crippen molar-refractivity contribution in [2.45, 2.75) is 25.2 Å². The fourth-order valence-corrected chi connectivity index (χ4v) is 5.45. The highest BCUT2D eigenvalue weighted by molar-refractivity contribution is 7.91. The average molecular weight is 482 g/mol. The zero-order chi connectivity index (χ0) is 21.6. The molecule has 0 saturated heterocycles. The number of anilines is 1. The summed E-state index contributed by atoms with van der Waals surface area (Å²) in [6, 6.07) is 16.0. The van der Waals surface area contributed by atoms with Crippen LogP contribution in [0.1, 0.15) is 20.3 Å². The lowest BCUT2D eigenvalue weighted by Crippen LogP contribution is -2.39. The van der Waals surface area contributed by atoms with Gasteiger partial charge in [-0.05, 0) is 37.4 Å². The number of thiazole rings is 1. The van der Waals surface area contributed by atoms with E-state index in [2.05, 4.69) is 23.7 Å². The van der Waals surface area contributed by atoms with Crippen molar-refractivity contribution in [3.8, 4) is 0 Å². The number of rotatable bonds is 10. The summed E-state index contributed by atoms with van der Waals surface area (Å²) in [6.07, 6.45) is -0.0780. The summed E-state index contributed by atoms with van der Waals surface area (Å²) in [6.45, 7) is 7.13. The largest absolute Gasteiger partial charge is 0.302 e. The number of aromatic nitrogens is 1. The molecular weight excluding hydrogens is 454 g/mol. The van der Waals surface area contributed by atoms with E-state index in [-0.39, 0.29) is 35.4 Å². The van der Waals surface area contributed by atoms with Gasteiger partial charge in [-0.1, -0.05) is 55.5 Å². The van der Waals surface area contributed by atoms with Crippen molar-refractivity contribution in [1.29, 1.82) is 0 Å². The lowest BCUT2D eigenvalue weighted by molar-refractivity contribution is -0.118. The molecule has 3 rings (SSSR count). The van der Waals surface area contributed by atoms with E-state index in [9.17, 15) is 13.2 Å². The first kappa shape index (κ1) is 25.3. The Morgan fingerprint density at radius 2 is 1.61 bits per heavy atom. The van der Waals surface area contributed by atoms with E-state index in [1.807, 2.05) is 24.3 Å². The monoisotopic (exact) mass is 481 g/mol. The lowest BCUT2D eigenvalue weighted by Gasteiger charge is -2.24. The predicted molar refractivity (Wildman–Crippen MR) is 130 cm³/mol. The molecule has 168 valence electrons. The van der Waals surface area contributed by atoms with E-state index in [0.29, 0.717) is 18.2 Å². The molecule has 0 saturated carbocycles. The Labute approximate surface area is 194 Å². The maximum atomic E-state index is 13.1. The Kier molecular flexibility index (Phi) is 9.43. The van der Waals surface area contributed by atoms with Gasteiger partial charge in [0.05, 0.1) is 20.9 Å². The van der Waals surface area contributed by atoms with Crippen molar-refractivity contribution in [2.24, 2.45) is 0 Å². The molecule has 0 aliphatic heterocycles. The minimum absolute atomic E-state index is 0. The molecule has 0 aliphatic carbocycles. The molecule has 6 nitrogen and oxygen atoms in total. The number of carbonyl (C=O) groups excluding carboxylic acids is 1. The fraction of sp³-hybridized carbons (Fsp3) is 0.364. The SMILES string of the molecule is CCN(CC)CCN(C(=O)CCS(=O)(=O)c1ccccc1)c1nc2ccccc2s1.Cl. The number of hydrogen-bond donors (Lipinski definition) is 0. The standard InChI is InChI=1S/C22H27N3O3S2.ClH/c1-3-24(4-2)15-16-25(22-23-19-12-8-9-13-20(19)29-22)21(26)14-17-30(27,28)18-10-6-5-7-11-18;/h5-13H,3-4,14-17H2,1-2H3;1H. The van der Waals surface area contributed by atoms with Crippen molar-refractivity contribution in [3.63, 3.8) is 0 Å². The molecule has 0 unspecified atom stereocenters. The molecule has 0 spiro atoms. The topological polar surface area (TPSA) is 70.6 Å². The van der Waals surface area contributed by atoms with Gasteiger partial charge in [0.15, 0.2) is 15.0 Å². The quantitative estimate of drug-likeness (QED) is 0.432. The normalized spacial score (nSPS) is 11.5. The van der Waals surface area contributed by atoms with Crippen LogP contribution in [0.15, 0.2) is 59.5 Å². The van der Waals surface area contributed by atoms with Crippen LogP contribution in [0.4, 0.5) is 5.13 Å². The summed E-state index contributed by atoms with van der Waals surface area (Å²) < 4.78 is 26.2. The fourth-order valence-electron chi connectivity index (χ4n) is 3.19. The Morgan fingerprint density at radius 3 is 2.26 bits per heavy atom. The van der Waals surface area contributed by atoms with Gasteiger partial charge < -0.3 is 4.90 Å². The molecule has 0 N–H and O–H groups in total. The number of halogens is 1. The van der Waals surface area contributed by atoms with Crippen LogP contribution in [0.3, 0.4) is 0 Å². The number of hydrogen-bond acceptors (Lipinski definition) is 6. The third-order valence-electron chi connectivity index (χ3n) is 5.04. The summed E-state index contributed by atoms with van der Waals surface area (Å²) in [5.41, 5.74) is 0.843. The number of sulfone groups is 1. The van der Waals surface area contributed by atoms with Gasteiger partial charge in [-0.2, -0.15) is 0 Å². The van der Waals surface area contributed by atoms with Crippen LogP contribution in [0, 0.1) is 0 Å². The maximum Gasteiger partial charge on any atom is 0.229 e. The third-order valence-corrected chi connectivity index (χ3v) is 7.83. The second-order valence-electron chi connectivity index (χ2n) is 6.92. The molecular formula is C22H28ClN3O3S2. The number of likely N-dealkylation sites (N-methyl/N-ethyl adjacent to an activating group) is 1. The van der Waals surface area contributed by atoms with E-state index < -0.39 is 9.84 Å². The molecule has 31 heavy (non-hydrogen) atoms. The molecule has 1 aromatic heterocycles. The highest BCUT2D eigenvalue weighted by Crippen LogP contribution is 2.29. The minimum atomic E-state index is -3.51. The summed E-state index contributed by atoms with van der Waals surface area (Å²) >= 11 is 1.46. The summed E-state index contributed by atoms with van der Waals surface area (Å²) in [5.74, 6) is -0.441. The average Bonchev–Trinajstić information content (AvgIpc) is 3.19. The van der Waals surface area contributed by atoms with Crippen molar-refractivity contribution in [2.75, 3.05) is 36.8 Å². The molecule has 1 heterocycles. The molecule has 1 amide bonds. The number of para-hydroxylation sites is 1. The Balaban J connectivity index is 0.00000341. The van der Waals surface area contributed by atoms with Crippen LogP contribution in [0.2, 0.25) is 0 Å². The van der Waals surface area contributed by atoms with Gasteiger partial charge in [0.2, 0.25) is 5.91 Å². The van der Waals surface area contributed by atoms with Crippen LogP contribution in [-0.4, -0.2) is 56.1 Å². The third kappa shape index (κ3) is 6.49. The molecule has 0 fully saturated rings. The van der Waals surface area contributed by atoms with Gasteiger partial charge >= 0.3 is 0 Å². The molecule has 0 radical (unpaired) electrons. The highest BCUT2D eigenvalue weighted by atomic mass is 35.5. The van der Waals surface area contributed by atoms with E-state index in [0.717, 1.165) is 23.3 Å². The smallest absolute Gasteiger partial charge is 0.229 e. The van der Waals surface area contributed by atoms with Crippen LogP contribution in [-0.2, 0) is 14.6 Å². The van der Waals surface area contributed by atoms with Gasteiger partial charge in [0.1, 0.15) is 0 Å². The Bertz CT molecular complexity index is 1050. The minimum Gasteiger partial charge on any atom is -0.302 e. The molecule has 3 aromatic rings. The van der Waals surface area contributed by atoms with Gasteiger partial charge in [-0.3, -0.25) is 9.69 Å². The first-order valence-corrected chi connectivity index (χ1v) is 12.6. The van der Waals surface area contributed by atoms with Crippen LogP contribution in [0.5, 0.6) is 0 Å². The molecule has 2 aromatic carbocycles. The molecule has 0 atom stereocenters. The maximum absolute atomic E-state index is 13.1. The number of benzene rings is 2. The highest BCUT2D eigenvalue weighted by Gasteiger charge is 2.23. The Morgan fingerprint density at radius 1 is 0.968 bits per heavy atom. The number of fused-ring (bicyclic) bond motifs is 1. The predicted octanol–water partition coefficient (Wildman–Crippen LogP) is 4.26. The van der Waals surface area contributed by atoms with Gasteiger partial charge in [-0.25, -0.2) is 13.4 Å². The molecule has 0 aliphatic rings. The molecule has 0 bridgehead atoms. The van der Waals surface area contributed by atoms with E-state index in [1.54, 1.807) is 35.2 Å². The number of carbonyl (C=O) groups is 1. The van der Waals surface area contributed by atoms with E-state index in [4.69, 9.17) is 0 Å². The zero-order valence-corrected chi connectivity index (χ0v) is 20.2. The summed E-state index contributed by atoms with van der Waals surface area (Å²) in [7, 11) is -3.51. The number of amides is 1. The second kappa shape index (κ2) is 11.6. The van der Waals surface area contributed by atoms with Crippen LogP contribution >= 0.6 is 23.7 Å². The van der Waals surface area contributed by atoms with Gasteiger partial charge in [-0.15, -0.1) is 12.4 Å². The first-order valence-electron chi connectivity index (χ1n) is 10.1. The van der Waals surface area contributed by atoms with Crippen LogP contribution < -0.4 is 4.90 Å². The second-order valence-corrected chi connectivity index (χ2v) is 10.0. The summed E-state index contributed by atoms with van der Waals surface area (Å²) in [5, 5.41) is 0.616. The molecule has 9 heteroatoms.